The summed E-state index contributed by atoms with van der Waals surface area (Å²) in [7, 11) is 0. The summed E-state index contributed by atoms with van der Waals surface area (Å²) in [5, 5.41) is 13.4. The second kappa shape index (κ2) is 15.4. The molecule has 58 heavy (non-hydrogen) atoms. The summed E-state index contributed by atoms with van der Waals surface area (Å²) in [4.78, 5) is 5.34. The van der Waals surface area contributed by atoms with Gasteiger partial charge in [-0.1, -0.05) is 212 Å². The van der Waals surface area contributed by atoms with Crippen LogP contribution in [0.1, 0.15) is 29.0 Å². The fourth-order valence-corrected chi connectivity index (χ4v) is 8.71. The zero-order valence-corrected chi connectivity index (χ0v) is 32.0. The van der Waals surface area contributed by atoms with E-state index < -0.39 is 12.3 Å². The Morgan fingerprint density at radius 3 is 1.72 bits per heavy atom. The highest BCUT2D eigenvalue weighted by molar-refractivity contribution is 6.29. The van der Waals surface area contributed by atoms with Crippen LogP contribution in [-0.2, 0) is 0 Å². The molecule has 3 N–H and O–H groups in total. The normalized spacial score (nSPS) is 12.8. The summed E-state index contributed by atoms with van der Waals surface area (Å²) < 4.78 is 0. The van der Waals surface area contributed by atoms with Crippen LogP contribution in [0.4, 0.5) is 0 Å². The van der Waals surface area contributed by atoms with Gasteiger partial charge in [-0.05, 0) is 87.6 Å². The highest BCUT2D eigenvalue weighted by Gasteiger charge is 2.22. The van der Waals surface area contributed by atoms with Gasteiger partial charge in [0, 0.05) is 11.8 Å². The maximum Gasteiger partial charge on any atom is 0.127 e. The highest BCUT2D eigenvalue weighted by atomic mass is 15.1. The van der Waals surface area contributed by atoms with Crippen molar-refractivity contribution in [3.63, 3.8) is 0 Å². The van der Waals surface area contributed by atoms with Crippen LogP contribution in [-0.4, -0.2) is 6.21 Å². The van der Waals surface area contributed by atoms with Crippen LogP contribution in [0.5, 0.6) is 0 Å². The van der Waals surface area contributed by atoms with Crippen molar-refractivity contribution in [1.82, 2.24) is 5.32 Å². The number of nitrogens with two attached hydrogens (primary N) is 1. The molecule has 0 amide bonds. The van der Waals surface area contributed by atoms with Gasteiger partial charge in [0.25, 0.3) is 0 Å². The molecule has 0 heterocycles. The first-order valence-corrected chi connectivity index (χ1v) is 19.9. The largest absolute Gasteiger partial charge is 0.312 e. The Hall–Kier alpha value is -7.17. The Labute approximate surface area is 338 Å². The molecule has 3 nitrogen and oxygen atoms in total. The van der Waals surface area contributed by atoms with Crippen LogP contribution in [0, 0.1) is 0 Å². The quantitative estimate of drug-likeness (QED) is 0.0669. The Bertz CT molecular complexity index is 3100. The van der Waals surface area contributed by atoms with Gasteiger partial charge in [0.2, 0.25) is 0 Å². The number of rotatable bonds is 9. The predicted molar refractivity (Wildman–Crippen MR) is 246 cm³/mol. The van der Waals surface area contributed by atoms with E-state index in [2.05, 4.69) is 193 Å². The number of fused-ring (bicyclic) bond motifs is 5. The fraction of sp³-hybridized carbons (Fsp3) is 0.0364. The monoisotopic (exact) mass is 743 g/mol. The summed E-state index contributed by atoms with van der Waals surface area (Å²) in [6.07, 6.45) is 1.17. The van der Waals surface area contributed by atoms with Gasteiger partial charge >= 0.3 is 0 Å². The number of hydrogen-bond acceptors (Lipinski definition) is 3. The van der Waals surface area contributed by atoms with Gasteiger partial charge in [-0.3, -0.25) is 10.3 Å². The van der Waals surface area contributed by atoms with Crippen molar-refractivity contribution in [2.45, 2.75) is 12.3 Å². The molecule has 10 aromatic carbocycles. The average Bonchev–Trinajstić information content (AvgIpc) is 3.30. The van der Waals surface area contributed by atoms with Crippen LogP contribution >= 0.6 is 0 Å². The molecule has 0 saturated heterocycles. The first-order chi connectivity index (χ1) is 28.7. The number of nitrogens with one attached hydrogen (secondary N) is 1. The lowest BCUT2D eigenvalue weighted by molar-refractivity contribution is 0.468. The summed E-state index contributed by atoms with van der Waals surface area (Å²) >= 11 is 0. The molecule has 0 fully saturated rings. The van der Waals surface area contributed by atoms with Crippen molar-refractivity contribution in [3.05, 3.63) is 229 Å². The molecule has 10 rings (SSSR count). The number of nitrogens with zero attached hydrogens (tertiary/aromatic N) is 1. The Morgan fingerprint density at radius 1 is 0.414 bits per heavy atom. The van der Waals surface area contributed by atoms with E-state index in [1.807, 2.05) is 30.5 Å². The second-order valence-electron chi connectivity index (χ2n) is 14.8. The third-order valence-electron chi connectivity index (χ3n) is 11.4. The van der Waals surface area contributed by atoms with Gasteiger partial charge in [0.1, 0.15) is 6.17 Å². The first kappa shape index (κ1) is 35.3. The molecule has 2 unspecified atom stereocenters. The van der Waals surface area contributed by atoms with Gasteiger partial charge in [0.05, 0.1) is 6.17 Å². The lowest BCUT2D eigenvalue weighted by Crippen LogP contribution is -2.32. The smallest absolute Gasteiger partial charge is 0.127 e. The van der Waals surface area contributed by atoms with Crippen LogP contribution in [0.15, 0.2) is 217 Å². The molecule has 0 aliphatic heterocycles. The zero-order chi connectivity index (χ0) is 38.8. The summed E-state index contributed by atoms with van der Waals surface area (Å²) in [6.45, 7) is 0. The molecular formula is C55H41N3. The van der Waals surface area contributed by atoms with E-state index in [1.165, 1.54) is 60.0 Å². The van der Waals surface area contributed by atoms with Crippen molar-refractivity contribution in [2.24, 2.45) is 10.7 Å². The molecule has 0 spiro atoms. The SMILES string of the molecule is NC(NC(/N=C/c1ccc(-c2c3ccccc3c(-c3ccccc3)c3ccc4ccccc4c23)c2ccccc12)c1ccccc1-c1ccccc1)c1ccccc1. The van der Waals surface area contributed by atoms with Crippen LogP contribution in [0.25, 0.3) is 76.5 Å². The van der Waals surface area contributed by atoms with Gasteiger partial charge in [-0.2, -0.15) is 0 Å². The van der Waals surface area contributed by atoms with E-state index in [9.17, 15) is 0 Å². The van der Waals surface area contributed by atoms with Crippen LogP contribution in [0.3, 0.4) is 0 Å². The first-order valence-electron chi connectivity index (χ1n) is 19.9. The number of hydrogen-bond donors (Lipinski definition) is 2. The zero-order valence-electron chi connectivity index (χ0n) is 32.0. The van der Waals surface area contributed by atoms with Gasteiger partial charge in [-0.15, -0.1) is 0 Å². The Kier molecular flexibility index (Phi) is 9.36. The standard InChI is InChI=1S/C55H41N3/c56-54(40-23-8-3-9-24-40)58-55(49-31-17-13-25-42(49)37-18-4-1-5-19-37)57-36-41-33-34-48(45-28-14-12-26-43(41)45)53-47-30-16-15-29-46(47)51(39-21-6-2-7-22-39)50-35-32-38-20-10-11-27-44(38)52(50)53/h1-36,54-55,58H,56H2/b57-36+. The topological polar surface area (TPSA) is 50.4 Å². The van der Waals surface area contributed by atoms with E-state index >= 15 is 0 Å². The molecule has 10 aromatic rings. The third kappa shape index (κ3) is 6.43. The van der Waals surface area contributed by atoms with Gasteiger partial charge in [0.15, 0.2) is 0 Å². The van der Waals surface area contributed by atoms with E-state index in [-0.39, 0.29) is 0 Å². The van der Waals surface area contributed by atoms with Crippen molar-refractivity contribution in [1.29, 1.82) is 0 Å². The van der Waals surface area contributed by atoms with E-state index in [4.69, 9.17) is 10.7 Å². The number of benzene rings is 10. The molecule has 0 aliphatic carbocycles. The van der Waals surface area contributed by atoms with Crippen molar-refractivity contribution >= 4 is 49.3 Å². The minimum atomic E-state index is -0.429. The molecular weight excluding hydrogens is 703 g/mol. The average molecular weight is 744 g/mol. The number of aliphatic imine (C=N–C) groups is 1. The van der Waals surface area contributed by atoms with Crippen molar-refractivity contribution in [3.8, 4) is 33.4 Å². The summed E-state index contributed by atoms with van der Waals surface area (Å²) in [5.74, 6) is 0. The minimum Gasteiger partial charge on any atom is -0.312 e. The third-order valence-corrected chi connectivity index (χ3v) is 11.4. The molecule has 0 aromatic heterocycles. The van der Waals surface area contributed by atoms with E-state index in [0.29, 0.717) is 0 Å². The van der Waals surface area contributed by atoms with Gasteiger partial charge in [-0.25, -0.2) is 0 Å². The van der Waals surface area contributed by atoms with Crippen molar-refractivity contribution in [2.75, 3.05) is 0 Å². The molecule has 0 bridgehead atoms. The summed E-state index contributed by atoms with van der Waals surface area (Å²) in [6, 6.07) is 75.5. The van der Waals surface area contributed by atoms with Crippen molar-refractivity contribution < 1.29 is 0 Å². The Balaban J connectivity index is 1.17. The minimum absolute atomic E-state index is 0.421. The maximum absolute atomic E-state index is 6.86. The Morgan fingerprint density at radius 2 is 0.983 bits per heavy atom. The molecule has 3 heteroatoms. The molecule has 0 aliphatic rings. The second-order valence-corrected chi connectivity index (χ2v) is 14.8. The van der Waals surface area contributed by atoms with Crippen LogP contribution in [0.2, 0.25) is 0 Å². The molecule has 0 saturated carbocycles. The molecule has 2 atom stereocenters. The fourth-order valence-electron chi connectivity index (χ4n) is 8.71. The molecule has 0 radical (unpaired) electrons. The van der Waals surface area contributed by atoms with E-state index in [1.54, 1.807) is 0 Å². The lowest BCUT2D eigenvalue weighted by Gasteiger charge is -2.23. The van der Waals surface area contributed by atoms with E-state index in [0.717, 1.165) is 33.2 Å². The van der Waals surface area contributed by atoms with Crippen LogP contribution < -0.4 is 11.1 Å². The lowest BCUT2D eigenvalue weighted by atomic mass is 9.82. The predicted octanol–water partition coefficient (Wildman–Crippen LogP) is 13.7. The van der Waals surface area contributed by atoms with Gasteiger partial charge < -0.3 is 5.73 Å². The summed E-state index contributed by atoms with van der Waals surface area (Å²) in [5.41, 5.74) is 17.1. The highest BCUT2D eigenvalue weighted by Crippen LogP contribution is 2.47. The maximum atomic E-state index is 6.86. The molecule has 276 valence electrons.